The fourth-order valence-corrected chi connectivity index (χ4v) is 1.72. The van der Waals surface area contributed by atoms with E-state index in [9.17, 15) is 4.79 Å². The van der Waals surface area contributed by atoms with Crippen LogP contribution in [0.1, 0.15) is 12.0 Å². The largest absolute Gasteiger partial charge is 0.489 e. The molecular formula is C11H10ClNO3. The topological polar surface area (TPSA) is 47.9 Å². The molecule has 0 saturated heterocycles. The molecule has 0 amide bonds. The number of benzene rings is 1. The molecule has 16 heavy (non-hydrogen) atoms. The number of rotatable bonds is 2. The lowest BCUT2D eigenvalue weighted by molar-refractivity contribution is 0.296. The molecule has 0 fully saturated rings. The maximum atomic E-state index is 10.1. The second-order valence-corrected chi connectivity index (χ2v) is 3.73. The molecule has 1 aromatic carbocycles. The summed E-state index contributed by atoms with van der Waals surface area (Å²) in [5, 5.41) is 0.510. The molecular weight excluding hydrogens is 230 g/mol. The molecule has 84 valence electrons. The van der Waals surface area contributed by atoms with Crippen molar-refractivity contribution in [2.75, 3.05) is 13.2 Å². The number of hydrogen-bond donors (Lipinski definition) is 0. The van der Waals surface area contributed by atoms with Gasteiger partial charge in [-0.2, -0.15) is 0 Å². The highest BCUT2D eigenvalue weighted by atomic mass is 35.5. The van der Waals surface area contributed by atoms with Crippen molar-refractivity contribution in [3.8, 4) is 11.5 Å². The highest BCUT2D eigenvalue weighted by molar-refractivity contribution is 6.32. The van der Waals surface area contributed by atoms with E-state index >= 15 is 0 Å². The Labute approximate surface area is 97.8 Å². The molecule has 0 saturated carbocycles. The maximum absolute atomic E-state index is 10.1. The third kappa shape index (κ3) is 2.18. The Bertz CT molecular complexity index is 441. The third-order valence-electron chi connectivity index (χ3n) is 2.24. The van der Waals surface area contributed by atoms with E-state index in [4.69, 9.17) is 21.1 Å². The van der Waals surface area contributed by atoms with Crippen LogP contribution in [0.5, 0.6) is 11.5 Å². The van der Waals surface area contributed by atoms with E-state index in [1.807, 2.05) is 0 Å². The zero-order valence-corrected chi connectivity index (χ0v) is 9.29. The summed E-state index contributed by atoms with van der Waals surface area (Å²) in [5.74, 6) is 1.13. The normalized spacial score (nSPS) is 13.8. The van der Waals surface area contributed by atoms with E-state index in [0.29, 0.717) is 29.7 Å². The van der Waals surface area contributed by atoms with E-state index in [2.05, 4.69) is 4.99 Å². The highest BCUT2D eigenvalue weighted by Gasteiger charge is 2.17. The first-order chi connectivity index (χ1) is 7.83. The number of halogens is 1. The molecule has 4 nitrogen and oxygen atoms in total. The van der Waals surface area contributed by atoms with Crippen LogP contribution in [0, 0.1) is 0 Å². The molecule has 0 bridgehead atoms. The Kier molecular flexibility index (Phi) is 3.44. The third-order valence-corrected chi connectivity index (χ3v) is 2.54. The number of nitrogens with zero attached hydrogens (tertiary/aromatic N) is 1. The Morgan fingerprint density at radius 1 is 1.31 bits per heavy atom. The van der Waals surface area contributed by atoms with E-state index in [1.165, 1.54) is 6.08 Å². The first-order valence-electron chi connectivity index (χ1n) is 4.93. The molecule has 0 radical (unpaired) electrons. The molecule has 0 unspecified atom stereocenters. The van der Waals surface area contributed by atoms with Crippen LogP contribution in [-0.4, -0.2) is 19.3 Å². The second kappa shape index (κ2) is 5.01. The fourth-order valence-electron chi connectivity index (χ4n) is 1.52. The van der Waals surface area contributed by atoms with Gasteiger partial charge >= 0.3 is 0 Å². The molecule has 1 aliphatic rings. The van der Waals surface area contributed by atoms with E-state index in [0.717, 1.165) is 12.0 Å². The Hall–Kier alpha value is -1.51. The quantitative estimate of drug-likeness (QED) is 0.588. The van der Waals surface area contributed by atoms with Crippen molar-refractivity contribution in [3.05, 3.63) is 22.7 Å². The van der Waals surface area contributed by atoms with Crippen LogP contribution in [0.4, 0.5) is 0 Å². The molecule has 0 N–H and O–H groups in total. The molecule has 0 atom stereocenters. The predicted octanol–water partition coefficient (Wildman–Crippen LogP) is 2.34. The second-order valence-electron chi connectivity index (χ2n) is 3.32. The summed E-state index contributed by atoms with van der Waals surface area (Å²) in [7, 11) is 0. The van der Waals surface area contributed by atoms with Gasteiger partial charge in [0.15, 0.2) is 11.5 Å². The van der Waals surface area contributed by atoms with Gasteiger partial charge in [0.1, 0.15) is 0 Å². The number of aliphatic imine (C=N–C) groups is 1. The predicted molar refractivity (Wildman–Crippen MR) is 58.9 cm³/mol. The van der Waals surface area contributed by atoms with Crippen molar-refractivity contribution >= 4 is 17.7 Å². The summed E-state index contributed by atoms with van der Waals surface area (Å²) < 4.78 is 11.1. The standard InChI is InChI=1S/C11H10ClNO3/c12-9-3-2-8(6-13-7-14)10-11(9)16-5-1-4-15-10/h2-3H,1,4-6H2. The zero-order chi connectivity index (χ0) is 11.4. The molecule has 0 spiro atoms. The van der Waals surface area contributed by atoms with Crippen molar-refractivity contribution in [2.45, 2.75) is 13.0 Å². The van der Waals surface area contributed by atoms with E-state index < -0.39 is 0 Å². The average molecular weight is 240 g/mol. The summed E-state index contributed by atoms with van der Waals surface area (Å²) in [4.78, 5) is 13.6. The van der Waals surface area contributed by atoms with Crippen molar-refractivity contribution in [1.29, 1.82) is 0 Å². The van der Waals surface area contributed by atoms with E-state index in [-0.39, 0.29) is 6.54 Å². The molecule has 0 aliphatic carbocycles. The van der Waals surface area contributed by atoms with Gasteiger partial charge in [-0.25, -0.2) is 9.79 Å². The van der Waals surface area contributed by atoms with Gasteiger partial charge < -0.3 is 9.47 Å². The number of carbonyl (C=O) groups excluding carboxylic acids is 1. The average Bonchev–Trinajstić information content (AvgIpc) is 2.54. The van der Waals surface area contributed by atoms with Crippen LogP contribution in [0.15, 0.2) is 17.1 Å². The van der Waals surface area contributed by atoms with Crippen LogP contribution < -0.4 is 9.47 Å². The van der Waals surface area contributed by atoms with Crippen LogP contribution in [0.3, 0.4) is 0 Å². The van der Waals surface area contributed by atoms with Gasteiger partial charge in [0.05, 0.1) is 24.8 Å². The van der Waals surface area contributed by atoms with Crippen molar-refractivity contribution < 1.29 is 14.3 Å². The number of isocyanates is 1. The molecule has 1 aliphatic heterocycles. The minimum Gasteiger partial charge on any atom is -0.489 e. The Morgan fingerprint density at radius 3 is 2.81 bits per heavy atom. The summed E-state index contributed by atoms with van der Waals surface area (Å²) in [6.07, 6.45) is 2.31. The van der Waals surface area contributed by atoms with Crippen molar-refractivity contribution in [1.82, 2.24) is 0 Å². The lowest BCUT2D eigenvalue weighted by atomic mass is 10.2. The van der Waals surface area contributed by atoms with Gasteiger partial charge in [0, 0.05) is 12.0 Å². The molecule has 5 heteroatoms. The summed E-state index contributed by atoms with van der Waals surface area (Å²) in [6.45, 7) is 1.38. The first-order valence-corrected chi connectivity index (χ1v) is 5.31. The summed E-state index contributed by atoms with van der Waals surface area (Å²) >= 11 is 6.01. The molecule has 1 aromatic rings. The highest BCUT2D eigenvalue weighted by Crippen LogP contribution is 2.39. The Balaban J connectivity index is 2.42. The zero-order valence-electron chi connectivity index (χ0n) is 8.53. The van der Waals surface area contributed by atoms with E-state index in [1.54, 1.807) is 12.1 Å². The summed E-state index contributed by atoms with van der Waals surface area (Å²) in [5.41, 5.74) is 0.782. The number of hydrogen-bond acceptors (Lipinski definition) is 4. The summed E-state index contributed by atoms with van der Waals surface area (Å²) in [6, 6.07) is 3.49. The minimum atomic E-state index is 0.229. The maximum Gasteiger partial charge on any atom is 0.235 e. The fraction of sp³-hybridized carbons (Fsp3) is 0.364. The monoisotopic (exact) mass is 239 g/mol. The molecule has 0 aromatic heterocycles. The van der Waals surface area contributed by atoms with Gasteiger partial charge in [0.2, 0.25) is 6.08 Å². The van der Waals surface area contributed by atoms with Gasteiger partial charge in [-0.3, -0.25) is 0 Å². The van der Waals surface area contributed by atoms with Crippen molar-refractivity contribution in [3.63, 3.8) is 0 Å². The van der Waals surface area contributed by atoms with Crippen LogP contribution >= 0.6 is 11.6 Å². The van der Waals surface area contributed by atoms with Gasteiger partial charge in [0.25, 0.3) is 0 Å². The first kappa shape index (κ1) is 11.0. The van der Waals surface area contributed by atoms with Crippen LogP contribution in [0.2, 0.25) is 5.02 Å². The number of ether oxygens (including phenoxy) is 2. The molecule has 1 heterocycles. The lowest BCUT2D eigenvalue weighted by Gasteiger charge is -2.12. The smallest absolute Gasteiger partial charge is 0.235 e. The van der Waals surface area contributed by atoms with Gasteiger partial charge in [-0.05, 0) is 6.07 Å². The minimum absolute atomic E-state index is 0.229. The number of fused-ring (bicyclic) bond motifs is 1. The van der Waals surface area contributed by atoms with Crippen LogP contribution in [0.25, 0.3) is 0 Å². The Morgan fingerprint density at radius 2 is 2.06 bits per heavy atom. The van der Waals surface area contributed by atoms with Gasteiger partial charge in [-0.15, -0.1) is 0 Å². The SMILES string of the molecule is O=C=NCc1ccc(Cl)c2c1OCCCO2. The van der Waals surface area contributed by atoms with Crippen molar-refractivity contribution in [2.24, 2.45) is 4.99 Å². The molecule has 2 rings (SSSR count). The van der Waals surface area contributed by atoms with Crippen LogP contribution in [-0.2, 0) is 11.3 Å². The van der Waals surface area contributed by atoms with Gasteiger partial charge in [-0.1, -0.05) is 17.7 Å². The lowest BCUT2D eigenvalue weighted by Crippen LogP contribution is -1.98.